The number of nitrogens with one attached hydrogen (secondary N) is 3. The van der Waals surface area contributed by atoms with Crippen molar-refractivity contribution in [1.82, 2.24) is 9.97 Å². The molecule has 2 aromatic carbocycles. The molecule has 6 bridgehead atoms. The van der Waals surface area contributed by atoms with E-state index in [-0.39, 0.29) is 0 Å². The fraction of sp³-hybridized carbons (Fsp3) is 0.111. The molecular formula is C18H16ClN5O. The van der Waals surface area contributed by atoms with Gasteiger partial charge < -0.3 is 20.7 Å². The second kappa shape index (κ2) is 6.86. The Balaban J connectivity index is 1.73. The second-order valence-corrected chi connectivity index (χ2v) is 5.93. The van der Waals surface area contributed by atoms with Gasteiger partial charge in [-0.1, -0.05) is 23.7 Å². The van der Waals surface area contributed by atoms with Crippen molar-refractivity contribution in [3.8, 4) is 5.75 Å². The minimum Gasteiger partial charge on any atom is -0.492 e. The van der Waals surface area contributed by atoms with Crippen molar-refractivity contribution in [2.24, 2.45) is 0 Å². The predicted molar refractivity (Wildman–Crippen MR) is 100 cm³/mol. The Morgan fingerprint density at radius 2 is 1.76 bits per heavy atom. The van der Waals surface area contributed by atoms with Gasteiger partial charge in [-0.15, -0.1) is 0 Å². The van der Waals surface area contributed by atoms with Crippen LogP contribution in [0, 0.1) is 0 Å². The van der Waals surface area contributed by atoms with Crippen molar-refractivity contribution >= 4 is 40.4 Å². The fourth-order valence-electron chi connectivity index (χ4n) is 2.52. The van der Waals surface area contributed by atoms with Gasteiger partial charge in [-0.05, 0) is 30.3 Å². The lowest BCUT2D eigenvalue weighted by atomic mass is 10.3. The largest absolute Gasteiger partial charge is 0.492 e. The predicted octanol–water partition coefficient (Wildman–Crippen LogP) is 4.42. The third-order valence-corrected chi connectivity index (χ3v) is 3.94. The molecule has 3 N–H and O–H groups in total. The molecule has 0 saturated carbocycles. The minimum absolute atomic E-state index is 0.441. The number of aromatic nitrogens is 2. The number of nitrogens with zero attached hydrogens (tertiary/aromatic N) is 2. The summed E-state index contributed by atoms with van der Waals surface area (Å²) in [6.07, 6.45) is 1.57. The van der Waals surface area contributed by atoms with Gasteiger partial charge in [-0.25, -0.2) is 4.98 Å². The fourth-order valence-corrected chi connectivity index (χ4v) is 2.65. The molecule has 0 spiro atoms. The highest BCUT2D eigenvalue weighted by molar-refractivity contribution is 6.32. The normalized spacial score (nSPS) is 13.2. The Morgan fingerprint density at radius 3 is 2.68 bits per heavy atom. The van der Waals surface area contributed by atoms with Crippen LogP contribution in [0.4, 0.5) is 28.8 Å². The topological polar surface area (TPSA) is 71.1 Å². The lowest BCUT2D eigenvalue weighted by molar-refractivity contribution is 0.333. The van der Waals surface area contributed by atoms with Gasteiger partial charge in [0, 0.05) is 29.7 Å². The first kappa shape index (κ1) is 15.5. The molecule has 0 unspecified atom stereocenters. The summed E-state index contributed by atoms with van der Waals surface area (Å²) in [5.41, 5.74) is 2.71. The number of fused-ring (bicyclic) bond motifs is 6. The van der Waals surface area contributed by atoms with Crippen LogP contribution in [0.1, 0.15) is 0 Å². The lowest BCUT2D eigenvalue weighted by Crippen LogP contribution is -2.11. The highest BCUT2D eigenvalue weighted by Crippen LogP contribution is 2.27. The van der Waals surface area contributed by atoms with Gasteiger partial charge in [-0.2, -0.15) is 4.98 Å². The van der Waals surface area contributed by atoms with E-state index in [1.54, 1.807) is 6.20 Å². The van der Waals surface area contributed by atoms with E-state index in [4.69, 9.17) is 16.3 Å². The summed E-state index contributed by atoms with van der Waals surface area (Å²) in [4.78, 5) is 8.71. The molecule has 7 heteroatoms. The number of hydrogen-bond donors (Lipinski definition) is 3. The van der Waals surface area contributed by atoms with Crippen LogP contribution in [0.2, 0.25) is 5.02 Å². The average Bonchev–Trinajstić information content (AvgIpc) is 2.62. The van der Waals surface area contributed by atoms with E-state index in [9.17, 15) is 0 Å². The van der Waals surface area contributed by atoms with Crippen molar-refractivity contribution in [3.05, 3.63) is 59.8 Å². The summed E-state index contributed by atoms with van der Waals surface area (Å²) in [7, 11) is 0. The molecule has 1 aliphatic rings. The van der Waals surface area contributed by atoms with Crippen molar-refractivity contribution in [1.29, 1.82) is 0 Å². The molecule has 126 valence electrons. The molecule has 0 amide bonds. The smallest absolute Gasteiger partial charge is 0.229 e. The van der Waals surface area contributed by atoms with Crippen LogP contribution in [-0.4, -0.2) is 23.1 Å². The van der Waals surface area contributed by atoms with E-state index in [1.165, 1.54) is 0 Å². The molecule has 3 aromatic rings. The summed E-state index contributed by atoms with van der Waals surface area (Å²) in [5.74, 6) is 1.77. The van der Waals surface area contributed by atoms with Crippen molar-refractivity contribution < 1.29 is 4.74 Å². The van der Waals surface area contributed by atoms with E-state index in [0.29, 0.717) is 29.9 Å². The monoisotopic (exact) mass is 353 g/mol. The third kappa shape index (κ3) is 3.75. The van der Waals surface area contributed by atoms with Crippen LogP contribution >= 0.6 is 11.6 Å². The lowest BCUT2D eigenvalue weighted by Gasteiger charge is -2.11. The second-order valence-electron chi connectivity index (χ2n) is 5.52. The summed E-state index contributed by atoms with van der Waals surface area (Å²) < 4.78 is 5.80. The molecule has 6 nitrogen and oxygen atoms in total. The number of anilines is 5. The van der Waals surface area contributed by atoms with Crippen molar-refractivity contribution in [3.63, 3.8) is 0 Å². The molecule has 2 heterocycles. The number of halogens is 1. The number of hydrogen-bond acceptors (Lipinski definition) is 6. The molecule has 0 fully saturated rings. The third-order valence-electron chi connectivity index (χ3n) is 3.66. The molecule has 0 atom stereocenters. The molecule has 0 saturated heterocycles. The molecule has 1 aliphatic heterocycles. The maximum absolute atomic E-state index is 6.23. The number of benzene rings is 2. The van der Waals surface area contributed by atoms with Crippen LogP contribution in [0.15, 0.2) is 54.7 Å². The van der Waals surface area contributed by atoms with Crippen molar-refractivity contribution in [2.45, 2.75) is 0 Å². The van der Waals surface area contributed by atoms with Gasteiger partial charge in [-0.3, -0.25) is 0 Å². The number of ether oxygens (including phenoxy) is 1. The highest BCUT2D eigenvalue weighted by Gasteiger charge is 2.08. The number of rotatable bonds is 0. The van der Waals surface area contributed by atoms with Crippen LogP contribution in [0.25, 0.3) is 0 Å². The van der Waals surface area contributed by atoms with E-state index < -0.39 is 0 Å². The van der Waals surface area contributed by atoms with Gasteiger partial charge in [0.05, 0.1) is 6.20 Å². The Kier molecular flexibility index (Phi) is 4.26. The zero-order chi connectivity index (χ0) is 17.1. The zero-order valence-electron chi connectivity index (χ0n) is 13.3. The van der Waals surface area contributed by atoms with Crippen LogP contribution in [0.3, 0.4) is 0 Å². The Labute approximate surface area is 150 Å². The molecule has 25 heavy (non-hydrogen) atoms. The molecule has 4 rings (SSSR count). The summed E-state index contributed by atoms with van der Waals surface area (Å²) in [6, 6.07) is 15.6. The maximum Gasteiger partial charge on any atom is 0.229 e. The first-order valence-corrected chi connectivity index (χ1v) is 8.27. The van der Waals surface area contributed by atoms with Gasteiger partial charge in [0.15, 0.2) is 5.82 Å². The standard InChI is InChI=1S/C18H16ClN5O/c19-16-11-21-18-23-13-4-1-3-12(9-13)20-7-8-25-15-6-2-5-14(10-15)22-17(16)24-18/h1-6,9-11,20H,7-8H2,(H2,21,22,23,24). The van der Waals surface area contributed by atoms with E-state index in [1.807, 2.05) is 48.5 Å². The molecule has 0 radical (unpaired) electrons. The van der Waals surface area contributed by atoms with Gasteiger partial charge in [0.1, 0.15) is 17.4 Å². The van der Waals surface area contributed by atoms with E-state index >= 15 is 0 Å². The van der Waals surface area contributed by atoms with Crippen LogP contribution in [0.5, 0.6) is 5.75 Å². The average molecular weight is 354 g/mol. The van der Waals surface area contributed by atoms with Crippen molar-refractivity contribution in [2.75, 3.05) is 29.1 Å². The Bertz CT molecular complexity index is 902. The Morgan fingerprint density at radius 1 is 0.960 bits per heavy atom. The van der Waals surface area contributed by atoms with E-state index in [2.05, 4.69) is 25.9 Å². The van der Waals surface area contributed by atoms with Gasteiger partial charge in [0.2, 0.25) is 5.95 Å². The van der Waals surface area contributed by atoms with E-state index in [0.717, 1.165) is 22.8 Å². The first-order valence-electron chi connectivity index (χ1n) is 7.90. The molecule has 1 aromatic heterocycles. The zero-order valence-corrected chi connectivity index (χ0v) is 14.0. The summed E-state index contributed by atoms with van der Waals surface area (Å²) in [6.45, 7) is 1.24. The van der Waals surface area contributed by atoms with Crippen LogP contribution in [-0.2, 0) is 0 Å². The quantitative estimate of drug-likeness (QED) is 0.555. The minimum atomic E-state index is 0.441. The maximum atomic E-state index is 6.23. The van der Waals surface area contributed by atoms with Crippen LogP contribution < -0.4 is 20.7 Å². The highest BCUT2D eigenvalue weighted by atomic mass is 35.5. The SMILES string of the molecule is Clc1cnc2nc1Nc1cccc(c1)OCCNc1cccc(c1)N2. The summed E-state index contributed by atoms with van der Waals surface area (Å²) >= 11 is 6.23. The Hall–Kier alpha value is -2.99. The first-order chi connectivity index (χ1) is 12.3. The molecule has 0 aliphatic carbocycles. The van der Waals surface area contributed by atoms with Gasteiger partial charge in [0.25, 0.3) is 0 Å². The van der Waals surface area contributed by atoms with Gasteiger partial charge >= 0.3 is 0 Å². The summed E-state index contributed by atoms with van der Waals surface area (Å²) in [5, 5.41) is 10.2. The molecular weight excluding hydrogens is 338 g/mol.